The highest BCUT2D eigenvalue weighted by molar-refractivity contribution is 7.92. The summed E-state index contributed by atoms with van der Waals surface area (Å²) >= 11 is 0. The predicted molar refractivity (Wildman–Crippen MR) is 83.6 cm³/mol. The molecule has 6 nitrogen and oxygen atoms in total. The monoisotopic (exact) mass is 308 g/mol. The van der Waals surface area contributed by atoms with Crippen molar-refractivity contribution in [1.29, 1.82) is 0 Å². The third-order valence-electron chi connectivity index (χ3n) is 3.27. The number of nitrogen functional groups attached to an aromatic ring is 1. The summed E-state index contributed by atoms with van der Waals surface area (Å²) in [5.74, 6) is 0.644. The van der Waals surface area contributed by atoms with Gasteiger partial charge in [-0.05, 0) is 25.5 Å². The molecule has 0 fully saturated rings. The molecule has 0 amide bonds. The molecule has 1 heterocycles. The van der Waals surface area contributed by atoms with Crippen LogP contribution in [0.2, 0.25) is 0 Å². The Morgan fingerprint density at radius 3 is 2.52 bits per heavy atom. The van der Waals surface area contributed by atoms with Crippen LogP contribution in [0, 0.1) is 6.92 Å². The molecule has 0 saturated heterocycles. The minimum absolute atomic E-state index is 0.0409. The lowest BCUT2D eigenvalue weighted by Crippen LogP contribution is -2.32. The van der Waals surface area contributed by atoms with Crippen molar-refractivity contribution in [2.24, 2.45) is 7.05 Å². The molecular formula is C14H20N4O2S. The van der Waals surface area contributed by atoms with Crippen molar-refractivity contribution < 1.29 is 8.42 Å². The van der Waals surface area contributed by atoms with Gasteiger partial charge in [0.05, 0.1) is 11.4 Å². The first-order chi connectivity index (χ1) is 9.87. The summed E-state index contributed by atoms with van der Waals surface area (Å²) in [5.41, 5.74) is 6.85. The number of anilines is 2. The average Bonchev–Trinajstić information content (AvgIpc) is 2.78. The Kier molecular flexibility index (Phi) is 4.22. The highest BCUT2D eigenvalue weighted by atomic mass is 32.2. The lowest BCUT2D eigenvalue weighted by Gasteiger charge is -2.24. The topological polar surface area (TPSA) is 81.2 Å². The number of hydrogen-bond donors (Lipinski definition) is 1. The summed E-state index contributed by atoms with van der Waals surface area (Å²) in [6.07, 6.45) is 2.20. The van der Waals surface area contributed by atoms with Gasteiger partial charge >= 0.3 is 0 Å². The van der Waals surface area contributed by atoms with Crippen LogP contribution in [0.15, 0.2) is 35.5 Å². The number of imidazole rings is 1. The van der Waals surface area contributed by atoms with Gasteiger partial charge in [-0.3, -0.25) is 4.31 Å². The third kappa shape index (κ3) is 2.87. The minimum Gasteiger partial charge on any atom is -0.397 e. The third-order valence-corrected chi connectivity index (χ3v) is 4.96. The Labute approximate surface area is 125 Å². The number of rotatable bonds is 5. The lowest BCUT2D eigenvalue weighted by molar-refractivity contribution is 0.586. The fourth-order valence-corrected chi connectivity index (χ4v) is 3.66. The Morgan fingerprint density at radius 2 is 2.00 bits per heavy atom. The van der Waals surface area contributed by atoms with Gasteiger partial charge in [0.2, 0.25) is 0 Å². The van der Waals surface area contributed by atoms with E-state index in [0.717, 1.165) is 0 Å². The SMILES string of the molecule is CCCN(c1ccccc1N)S(=O)(=O)c1cn(C)c(C)n1. The number of aryl methyl sites for hydroxylation is 2. The normalized spacial score (nSPS) is 11.6. The van der Waals surface area contributed by atoms with Gasteiger partial charge in [0.1, 0.15) is 5.82 Å². The van der Waals surface area contributed by atoms with Crippen LogP contribution in [-0.4, -0.2) is 24.5 Å². The van der Waals surface area contributed by atoms with Gasteiger partial charge in [-0.2, -0.15) is 8.42 Å². The molecule has 0 radical (unpaired) electrons. The van der Waals surface area contributed by atoms with E-state index in [-0.39, 0.29) is 5.03 Å². The van der Waals surface area contributed by atoms with E-state index in [1.165, 1.54) is 10.5 Å². The smallest absolute Gasteiger partial charge is 0.283 e. The van der Waals surface area contributed by atoms with Crippen LogP contribution in [-0.2, 0) is 17.1 Å². The van der Waals surface area contributed by atoms with Crippen LogP contribution >= 0.6 is 0 Å². The van der Waals surface area contributed by atoms with Crippen molar-refractivity contribution in [2.75, 3.05) is 16.6 Å². The van der Waals surface area contributed by atoms with Gasteiger partial charge in [-0.1, -0.05) is 19.1 Å². The summed E-state index contributed by atoms with van der Waals surface area (Å²) in [7, 11) is -1.95. The number of aromatic nitrogens is 2. The maximum Gasteiger partial charge on any atom is 0.283 e. The number of para-hydroxylation sites is 2. The van der Waals surface area contributed by atoms with E-state index in [1.54, 1.807) is 42.8 Å². The Hall–Kier alpha value is -2.02. The van der Waals surface area contributed by atoms with E-state index < -0.39 is 10.0 Å². The molecule has 0 saturated carbocycles. The van der Waals surface area contributed by atoms with Crippen LogP contribution in [0.25, 0.3) is 0 Å². The molecule has 2 aromatic rings. The van der Waals surface area contributed by atoms with Gasteiger partial charge in [0.25, 0.3) is 10.0 Å². The predicted octanol–water partition coefficient (Wildman–Crippen LogP) is 1.92. The van der Waals surface area contributed by atoms with Crippen LogP contribution < -0.4 is 10.0 Å². The van der Waals surface area contributed by atoms with Gasteiger partial charge in [0.15, 0.2) is 5.03 Å². The van der Waals surface area contributed by atoms with E-state index >= 15 is 0 Å². The molecule has 1 aromatic carbocycles. The summed E-state index contributed by atoms with van der Waals surface area (Å²) in [4.78, 5) is 4.13. The molecule has 2 N–H and O–H groups in total. The maximum atomic E-state index is 12.8. The van der Waals surface area contributed by atoms with Crippen molar-refractivity contribution >= 4 is 21.4 Å². The fourth-order valence-electron chi connectivity index (χ4n) is 2.05. The number of sulfonamides is 1. The average molecular weight is 308 g/mol. The second-order valence-corrected chi connectivity index (χ2v) is 6.68. The van der Waals surface area contributed by atoms with Gasteiger partial charge in [0, 0.05) is 19.8 Å². The molecule has 0 aliphatic rings. The molecule has 0 unspecified atom stereocenters. The lowest BCUT2D eigenvalue weighted by atomic mass is 10.2. The Balaban J connectivity index is 2.54. The quantitative estimate of drug-likeness (QED) is 0.856. The molecule has 114 valence electrons. The highest BCUT2D eigenvalue weighted by Gasteiger charge is 2.28. The second kappa shape index (κ2) is 5.77. The molecule has 0 atom stereocenters. The Bertz CT molecular complexity index is 718. The number of benzene rings is 1. The molecule has 0 aliphatic carbocycles. The Morgan fingerprint density at radius 1 is 1.33 bits per heavy atom. The van der Waals surface area contributed by atoms with Crippen LogP contribution in [0.5, 0.6) is 0 Å². The van der Waals surface area contributed by atoms with Gasteiger partial charge < -0.3 is 10.3 Å². The second-order valence-electron chi connectivity index (χ2n) is 4.87. The molecule has 0 spiro atoms. The first-order valence-corrected chi connectivity index (χ1v) is 8.19. The van der Waals surface area contributed by atoms with Crippen molar-refractivity contribution in [3.63, 3.8) is 0 Å². The van der Waals surface area contributed by atoms with Crippen molar-refractivity contribution in [3.8, 4) is 0 Å². The fraction of sp³-hybridized carbons (Fsp3) is 0.357. The molecule has 2 rings (SSSR count). The minimum atomic E-state index is -3.72. The van der Waals surface area contributed by atoms with Gasteiger partial charge in [-0.15, -0.1) is 0 Å². The van der Waals surface area contributed by atoms with Crippen LogP contribution in [0.3, 0.4) is 0 Å². The highest BCUT2D eigenvalue weighted by Crippen LogP contribution is 2.28. The first-order valence-electron chi connectivity index (χ1n) is 6.75. The van der Waals surface area contributed by atoms with Crippen molar-refractivity contribution in [1.82, 2.24) is 9.55 Å². The molecule has 1 aromatic heterocycles. The molecule has 7 heteroatoms. The number of nitrogens with zero attached hydrogens (tertiary/aromatic N) is 3. The van der Waals surface area contributed by atoms with Gasteiger partial charge in [-0.25, -0.2) is 4.98 Å². The summed E-state index contributed by atoms with van der Waals surface area (Å²) < 4.78 is 28.7. The van der Waals surface area contributed by atoms with Crippen LogP contribution in [0.4, 0.5) is 11.4 Å². The molecular weight excluding hydrogens is 288 g/mol. The molecule has 0 bridgehead atoms. The number of nitrogens with two attached hydrogens (primary N) is 1. The van der Waals surface area contributed by atoms with E-state index in [0.29, 0.717) is 30.2 Å². The number of hydrogen-bond acceptors (Lipinski definition) is 4. The van der Waals surface area contributed by atoms with E-state index in [1.807, 2.05) is 6.92 Å². The molecule has 0 aliphatic heterocycles. The first kappa shape index (κ1) is 15.4. The maximum absolute atomic E-state index is 12.8. The largest absolute Gasteiger partial charge is 0.397 e. The van der Waals surface area contributed by atoms with E-state index in [4.69, 9.17) is 5.73 Å². The zero-order chi connectivity index (χ0) is 15.6. The zero-order valence-corrected chi connectivity index (χ0v) is 13.3. The van der Waals surface area contributed by atoms with E-state index in [2.05, 4.69) is 4.98 Å². The standard InChI is InChI=1S/C14H20N4O2S/c1-4-9-18(13-8-6-5-7-12(13)15)21(19,20)14-10-17(3)11(2)16-14/h5-8,10H,4,9,15H2,1-3H3. The summed E-state index contributed by atoms with van der Waals surface area (Å²) in [5, 5.41) is 0.0409. The zero-order valence-electron chi connectivity index (χ0n) is 12.4. The van der Waals surface area contributed by atoms with Crippen LogP contribution in [0.1, 0.15) is 19.2 Å². The summed E-state index contributed by atoms with van der Waals surface area (Å²) in [6.45, 7) is 4.04. The summed E-state index contributed by atoms with van der Waals surface area (Å²) in [6, 6.07) is 6.95. The molecule has 21 heavy (non-hydrogen) atoms. The van der Waals surface area contributed by atoms with Crippen molar-refractivity contribution in [2.45, 2.75) is 25.3 Å². The van der Waals surface area contributed by atoms with E-state index in [9.17, 15) is 8.42 Å². The van der Waals surface area contributed by atoms with Crippen molar-refractivity contribution in [3.05, 3.63) is 36.3 Å².